The molecule has 0 radical (unpaired) electrons. The average Bonchev–Trinajstić information content (AvgIpc) is 3.17. The molecule has 0 saturated carbocycles. The van der Waals surface area contributed by atoms with Gasteiger partial charge in [0.2, 0.25) is 11.7 Å². The molecule has 2 N–H and O–H groups in total. The first-order chi connectivity index (χ1) is 16.4. The van der Waals surface area contributed by atoms with Crippen LogP contribution in [-0.2, 0) is 30.5 Å². The lowest BCUT2D eigenvalue weighted by atomic mass is 10.0. The van der Waals surface area contributed by atoms with Gasteiger partial charge in [0.25, 0.3) is 0 Å². The van der Waals surface area contributed by atoms with Gasteiger partial charge >= 0.3 is 6.18 Å². The van der Waals surface area contributed by atoms with Crippen LogP contribution in [0, 0.1) is 23.3 Å². The van der Waals surface area contributed by atoms with Gasteiger partial charge in [0.05, 0.1) is 17.9 Å². The minimum atomic E-state index is -4.76. The molecule has 1 amide bonds. The van der Waals surface area contributed by atoms with Crippen molar-refractivity contribution in [3.05, 3.63) is 76.7 Å². The second-order valence-electron chi connectivity index (χ2n) is 8.23. The second kappa shape index (κ2) is 10.5. The summed E-state index contributed by atoms with van der Waals surface area (Å²) in [6.07, 6.45) is -5.33. The van der Waals surface area contributed by atoms with E-state index < -0.39 is 47.2 Å². The Hall–Kier alpha value is -3.12. The number of aromatic nitrogens is 2. The fourth-order valence-corrected chi connectivity index (χ4v) is 4.09. The number of imidazole rings is 1. The van der Waals surface area contributed by atoms with Gasteiger partial charge in [0.15, 0.2) is 11.6 Å². The molecule has 0 saturated heterocycles. The molecule has 0 aliphatic carbocycles. The Morgan fingerprint density at radius 2 is 1.72 bits per heavy atom. The van der Waals surface area contributed by atoms with Crippen LogP contribution in [0.15, 0.2) is 36.4 Å². The van der Waals surface area contributed by atoms with Gasteiger partial charge in [-0.3, -0.25) is 4.79 Å². The molecule has 2 heterocycles. The predicted octanol–water partition coefficient (Wildman–Crippen LogP) is 4.85. The molecule has 13 heteroatoms. The zero-order valence-electron chi connectivity index (χ0n) is 18.5. The van der Waals surface area contributed by atoms with Gasteiger partial charge in [-0.15, -0.1) is 12.4 Å². The van der Waals surface area contributed by atoms with Crippen molar-refractivity contribution in [2.24, 2.45) is 5.73 Å². The topological polar surface area (TPSA) is 64.2 Å². The van der Waals surface area contributed by atoms with Crippen molar-refractivity contribution < 1.29 is 35.5 Å². The third-order valence-electron chi connectivity index (χ3n) is 5.72. The Labute approximate surface area is 207 Å². The van der Waals surface area contributed by atoms with E-state index in [1.165, 1.54) is 17.0 Å². The first kappa shape index (κ1) is 27.5. The Bertz CT molecular complexity index is 1280. The smallest absolute Gasteiger partial charge is 0.335 e. The fourth-order valence-electron chi connectivity index (χ4n) is 4.09. The number of carbonyl (C=O) groups is 1. The number of halogens is 8. The quantitative estimate of drug-likeness (QED) is 0.375. The molecule has 36 heavy (non-hydrogen) atoms. The number of amides is 1. The molecule has 1 atom stereocenters. The summed E-state index contributed by atoms with van der Waals surface area (Å²) >= 11 is 0. The number of nitrogens with two attached hydrogens (primary N) is 1. The third kappa shape index (κ3) is 5.65. The van der Waals surface area contributed by atoms with Crippen LogP contribution in [0.2, 0.25) is 0 Å². The average molecular weight is 537 g/mol. The predicted molar refractivity (Wildman–Crippen MR) is 118 cm³/mol. The molecule has 5 nitrogen and oxygen atoms in total. The highest BCUT2D eigenvalue weighted by Crippen LogP contribution is 2.36. The summed E-state index contributed by atoms with van der Waals surface area (Å²) < 4.78 is 95.8. The number of fused-ring (bicyclic) bond motifs is 1. The van der Waals surface area contributed by atoms with Crippen molar-refractivity contribution in [2.75, 3.05) is 6.54 Å². The van der Waals surface area contributed by atoms with E-state index in [9.17, 15) is 35.5 Å². The SMILES string of the molecule is Cl.N[C@@H](CC(=O)N1CCn2c(C(F)(F)F)nc(-c3cccc(F)c3)c2C1)Cc1cc(F)c(F)cc1F. The lowest BCUT2D eigenvalue weighted by molar-refractivity contribution is -0.148. The molecular formula is C23H20ClF7N4O. The highest BCUT2D eigenvalue weighted by atomic mass is 35.5. The zero-order valence-corrected chi connectivity index (χ0v) is 19.3. The molecular weight excluding hydrogens is 517 g/mol. The summed E-state index contributed by atoms with van der Waals surface area (Å²) in [6, 6.07) is 5.04. The number of hydrogen-bond acceptors (Lipinski definition) is 3. The highest BCUT2D eigenvalue weighted by molar-refractivity contribution is 5.85. The van der Waals surface area contributed by atoms with Gasteiger partial charge in [0.1, 0.15) is 11.6 Å². The number of benzene rings is 2. The van der Waals surface area contributed by atoms with Crippen molar-refractivity contribution in [2.45, 2.75) is 38.1 Å². The number of alkyl halides is 3. The Balaban J connectivity index is 0.00000361. The maximum atomic E-state index is 13.9. The van der Waals surface area contributed by atoms with E-state index in [0.29, 0.717) is 12.1 Å². The highest BCUT2D eigenvalue weighted by Gasteiger charge is 2.40. The number of carbonyl (C=O) groups excluding carboxylic acids is 1. The van der Waals surface area contributed by atoms with E-state index in [-0.39, 0.29) is 67.4 Å². The van der Waals surface area contributed by atoms with Crippen molar-refractivity contribution >= 4 is 18.3 Å². The number of hydrogen-bond donors (Lipinski definition) is 1. The van der Waals surface area contributed by atoms with Gasteiger partial charge in [-0.1, -0.05) is 12.1 Å². The van der Waals surface area contributed by atoms with E-state index in [4.69, 9.17) is 5.73 Å². The molecule has 0 bridgehead atoms. The molecule has 4 rings (SSSR count). The van der Waals surface area contributed by atoms with E-state index in [2.05, 4.69) is 4.98 Å². The molecule has 2 aromatic carbocycles. The van der Waals surface area contributed by atoms with E-state index in [1.54, 1.807) is 0 Å². The first-order valence-corrected chi connectivity index (χ1v) is 10.5. The summed E-state index contributed by atoms with van der Waals surface area (Å²) in [5, 5.41) is 0. The standard InChI is InChI=1S/C23H19F7N4O.ClH/c24-14-3-1-2-12(6-14)21-19-11-33(4-5-34(19)22(32-21)23(28,29)30)20(35)9-15(31)7-13-8-17(26)18(27)10-16(13)25;/h1-3,6,8,10,15H,4-5,7,9,11,31H2;1H/t15-;/m1./s1. The van der Waals surface area contributed by atoms with Crippen molar-refractivity contribution in [1.29, 1.82) is 0 Å². The largest absolute Gasteiger partial charge is 0.449 e. The zero-order chi connectivity index (χ0) is 25.5. The van der Waals surface area contributed by atoms with Crippen LogP contribution in [-0.4, -0.2) is 32.9 Å². The maximum Gasteiger partial charge on any atom is 0.449 e. The lowest BCUT2D eigenvalue weighted by Crippen LogP contribution is -2.42. The van der Waals surface area contributed by atoms with Crippen LogP contribution in [0.25, 0.3) is 11.3 Å². The molecule has 1 aliphatic heterocycles. The van der Waals surface area contributed by atoms with Crippen molar-refractivity contribution in [3.63, 3.8) is 0 Å². The number of nitrogens with zero attached hydrogens (tertiary/aromatic N) is 3. The van der Waals surface area contributed by atoms with E-state index in [0.717, 1.165) is 16.7 Å². The van der Waals surface area contributed by atoms with Gasteiger partial charge in [-0.2, -0.15) is 13.2 Å². The number of rotatable bonds is 5. The van der Waals surface area contributed by atoms with E-state index in [1.807, 2.05) is 0 Å². The molecule has 0 spiro atoms. The third-order valence-corrected chi connectivity index (χ3v) is 5.72. The molecule has 1 aliphatic rings. The molecule has 1 aromatic heterocycles. The first-order valence-electron chi connectivity index (χ1n) is 10.5. The summed E-state index contributed by atoms with van der Waals surface area (Å²) in [7, 11) is 0. The van der Waals surface area contributed by atoms with Crippen LogP contribution < -0.4 is 5.73 Å². The molecule has 0 fully saturated rings. The Kier molecular flexibility index (Phi) is 7.99. The fraction of sp³-hybridized carbons (Fsp3) is 0.304. The van der Waals surface area contributed by atoms with Gasteiger partial charge in [-0.05, 0) is 30.2 Å². The van der Waals surface area contributed by atoms with Crippen molar-refractivity contribution in [3.8, 4) is 11.3 Å². The van der Waals surface area contributed by atoms with E-state index >= 15 is 0 Å². The minimum absolute atomic E-state index is 0. The lowest BCUT2D eigenvalue weighted by Gasteiger charge is -2.30. The van der Waals surface area contributed by atoms with Crippen molar-refractivity contribution in [1.82, 2.24) is 14.5 Å². The summed E-state index contributed by atoms with van der Waals surface area (Å²) in [4.78, 5) is 17.8. The van der Waals surface area contributed by atoms with Crippen LogP contribution in [0.1, 0.15) is 23.5 Å². The minimum Gasteiger partial charge on any atom is -0.335 e. The maximum absolute atomic E-state index is 13.9. The van der Waals surface area contributed by atoms with Crippen LogP contribution in [0.5, 0.6) is 0 Å². The summed E-state index contributed by atoms with van der Waals surface area (Å²) in [5.74, 6) is -5.94. The van der Waals surface area contributed by atoms with Crippen LogP contribution >= 0.6 is 12.4 Å². The second-order valence-corrected chi connectivity index (χ2v) is 8.23. The van der Waals surface area contributed by atoms with Gasteiger partial charge in [-0.25, -0.2) is 22.5 Å². The Morgan fingerprint density at radius 3 is 2.39 bits per heavy atom. The normalized spacial score (nSPS) is 14.3. The van der Waals surface area contributed by atoms with Gasteiger partial charge in [0, 0.05) is 37.2 Å². The molecule has 0 unspecified atom stereocenters. The van der Waals surface area contributed by atoms with Crippen LogP contribution in [0.3, 0.4) is 0 Å². The molecule has 194 valence electrons. The Morgan fingerprint density at radius 1 is 1.03 bits per heavy atom. The summed E-state index contributed by atoms with van der Waals surface area (Å²) in [5.41, 5.74) is 5.84. The monoisotopic (exact) mass is 536 g/mol. The summed E-state index contributed by atoms with van der Waals surface area (Å²) in [6.45, 7) is -0.509. The van der Waals surface area contributed by atoms with Gasteiger partial charge < -0.3 is 15.2 Å². The molecule has 3 aromatic rings. The van der Waals surface area contributed by atoms with Crippen LogP contribution in [0.4, 0.5) is 30.7 Å².